The van der Waals surface area contributed by atoms with Crippen molar-refractivity contribution in [2.45, 2.75) is 27.2 Å². The second-order valence-corrected chi connectivity index (χ2v) is 6.82. The van der Waals surface area contributed by atoms with E-state index in [-0.39, 0.29) is 12.5 Å². The molecule has 6 heteroatoms. The van der Waals surface area contributed by atoms with E-state index in [4.69, 9.17) is 16.3 Å². The number of nitrogens with one attached hydrogen (secondary N) is 1. The molecule has 1 N–H and O–H groups in total. The quantitative estimate of drug-likeness (QED) is 0.813. The van der Waals surface area contributed by atoms with Crippen LogP contribution in [0.15, 0.2) is 24.3 Å². The van der Waals surface area contributed by atoms with Crippen LogP contribution < -0.4 is 5.32 Å². The van der Waals surface area contributed by atoms with E-state index in [2.05, 4.69) is 5.32 Å². The van der Waals surface area contributed by atoms with E-state index in [1.54, 1.807) is 18.2 Å². The number of amides is 1. The highest BCUT2D eigenvalue weighted by Gasteiger charge is 2.15. The number of thiophene rings is 1. The van der Waals surface area contributed by atoms with E-state index < -0.39 is 5.97 Å². The summed E-state index contributed by atoms with van der Waals surface area (Å²) in [5.74, 6) is -0.853. The number of hydrogen-bond donors (Lipinski definition) is 1. The lowest BCUT2D eigenvalue weighted by atomic mass is 10.2. The number of anilines is 1. The summed E-state index contributed by atoms with van der Waals surface area (Å²) in [4.78, 5) is 25.5. The first kappa shape index (κ1) is 17.5. The highest BCUT2D eigenvalue weighted by Crippen LogP contribution is 2.23. The third-order valence-corrected chi connectivity index (χ3v) is 4.71. The average Bonchev–Trinajstić information content (AvgIpc) is 2.89. The third kappa shape index (κ3) is 4.56. The molecule has 122 valence electrons. The zero-order chi connectivity index (χ0) is 17.0. The summed E-state index contributed by atoms with van der Waals surface area (Å²) in [6.45, 7) is 5.52. The molecule has 23 heavy (non-hydrogen) atoms. The predicted molar refractivity (Wildman–Crippen MR) is 93.5 cm³/mol. The molecule has 0 atom stereocenters. The fourth-order valence-corrected chi connectivity index (χ4v) is 3.36. The van der Waals surface area contributed by atoms with Gasteiger partial charge in [-0.3, -0.25) is 4.79 Å². The van der Waals surface area contributed by atoms with Gasteiger partial charge in [0.05, 0.1) is 0 Å². The Morgan fingerprint density at radius 2 is 2.00 bits per heavy atom. The van der Waals surface area contributed by atoms with Gasteiger partial charge < -0.3 is 10.1 Å². The number of aryl methyl sites for hydroxylation is 3. The molecule has 0 spiro atoms. The molecular formula is C17H18ClNO3S. The lowest BCUT2D eigenvalue weighted by molar-refractivity contribution is -0.119. The molecule has 0 aliphatic carbocycles. The van der Waals surface area contributed by atoms with Crippen LogP contribution in [-0.2, 0) is 16.0 Å². The van der Waals surface area contributed by atoms with Gasteiger partial charge in [-0.1, -0.05) is 18.5 Å². The molecule has 0 bridgehead atoms. The molecule has 1 aromatic heterocycles. The molecule has 0 fully saturated rings. The van der Waals surface area contributed by atoms with Crippen molar-refractivity contribution in [3.8, 4) is 0 Å². The molecule has 2 rings (SSSR count). The number of hydrogen-bond acceptors (Lipinski definition) is 4. The average molecular weight is 352 g/mol. The lowest BCUT2D eigenvalue weighted by Gasteiger charge is -2.08. The molecule has 0 saturated heterocycles. The molecule has 0 saturated carbocycles. The molecular weight excluding hydrogens is 334 g/mol. The van der Waals surface area contributed by atoms with Crippen molar-refractivity contribution in [3.05, 3.63) is 50.2 Å². The van der Waals surface area contributed by atoms with E-state index >= 15 is 0 Å². The Hall–Kier alpha value is -1.85. The molecule has 1 aromatic carbocycles. The van der Waals surface area contributed by atoms with Gasteiger partial charge in [0.25, 0.3) is 5.91 Å². The largest absolute Gasteiger partial charge is 0.451 e. The van der Waals surface area contributed by atoms with E-state index in [9.17, 15) is 9.59 Å². The fraction of sp³-hybridized carbons (Fsp3) is 0.294. The van der Waals surface area contributed by atoms with Crippen LogP contribution in [0.4, 0.5) is 5.69 Å². The van der Waals surface area contributed by atoms with Gasteiger partial charge in [-0.25, -0.2) is 4.79 Å². The number of benzene rings is 1. The zero-order valence-corrected chi connectivity index (χ0v) is 14.8. The van der Waals surface area contributed by atoms with E-state index in [1.807, 2.05) is 26.8 Å². The van der Waals surface area contributed by atoms with Crippen molar-refractivity contribution < 1.29 is 14.3 Å². The molecule has 1 amide bonds. The molecule has 0 aliphatic rings. The maximum absolute atomic E-state index is 12.0. The Morgan fingerprint density at radius 3 is 2.61 bits per heavy atom. The molecule has 4 nitrogen and oxygen atoms in total. The number of ether oxygens (including phenoxy) is 1. The standard InChI is InChI=1S/C17H18ClNO3S/c1-4-12-8-15(23-11(12)3)17(21)22-9-16(20)19-14-6-5-13(18)7-10(14)2/h5-8H,4,9H2,1-3H3,(H,19,20). The number of carbonyl (C=O) groups is 2. The Labute approximate surface area is 144 Å². The Kier molecular flexibility index (Phi) is 5.80. The number of esters is 1. The van der Waals surface area contributed by atoms with Gasteiger partial charge >= 0.3 is 5.97 Å². The van der Waals surface area contributed by atoms with Gasteiger partial charge in [0.15, 0.2) is 6.61 Å². The van der Waals surface area contributed by atoms with Gasteiger partial charge in [0.2, 0.25) is 0 Å². The first-order chi connectivity index (χ1) is 10.9. The second-order valence-electron chi connectivity index (χ2n) is 5.13. The Balaban J connectivity index is 1.91. The summed E-state index contributed by atoms with van der Waals surface area (Å²) in [6, 6.07) is 6.98. The number of halogens is 1. The van der Waals surface area contributed by atoms with Gasteiger partial charge in [-0.15, -0.1) is 11.3 Å². The predicted octanol–water partition coefficient (Wildman–Crippen LogP) is 4.38. The summed E-state index contributed by atoms with van der Waals surface area (Å²) in [6.07, 6.45) is 0.867. The summed E-state index contributed by atoms with van der Waals surface area (Å²) in [7, 11) is 0. The molecule has 2 aromatic rings. The van der Waals surface area contributed by atoms with Gasteiger partial charge in [-0.2, -0.15) is 0 Å². The minimum atomic E-state index is -0.472. The molecule has 0 aliphatic heterocycles. The van der Waals surface area contributed by atoms with E-state index in [0.29, 0.717) is 15.6 Å². The smallest absolute Gasteiger partial charge is 0.348 e. The normalized spacial score (nSPS) is 10.4. The van der Waals surface area contributed by atoms with Gasteiger partial charge in [0, 0.05) is 15.6 Å². The minimum Gasteiger partial charge on any atom is -0.451 e. The second kappa shape index (κ2) is 7.62. The zero-order valence-electron chi connectivity index (χ0n) is 13.2. The SMILES string of the molecule is CCc1cc(C(=O)OCC(=O)Nc2ccc(Cl)cc2C)sc1C. The van der Waals surface area contributed by atoms with Crippen LogP contribution >= 0.6 is 22.9 Å². The first-order valence-electron chi connectivity index (χ1n) is 7.23. The maximum atomic E-state index is 12.0. The van der Waals surface area contributed by atoms with Crippen LogP contribution in [0, 0.1) is 13.8 Å². The van der Waals surface area contributed by atoms with Crippen LogP contribution in [0.5, 0.6) is 0 Å². The van der Waals surface area contributed by atoms with Crippen LogP contribution in [0.25, 0.3) is 0 Å². The monoisotopic (exact) mass is 351 g/mol. The number of carbonyl (C=O) groups excluding carboxylic acids is 2. The molecule has 0 unspecified atom stereocenters. The molecule has 0 radical (unpaired) electrons. The topological polar surface area (TPSA) is 55.4 Å². The van der Waals surface area contributed by atoms with E-state index in [1.165, 1.54) is 11.3 Å². The Morgan fingerprint density at radius 1 is 1.26 bits per heavy atom. The molecule has 1 heterocycles. The van der Waals surface area contributed by atoms with Crippen molar-refractivity contribution in [1.29, 1.82) is 0 Å². The van der Waals surface area contributed by atoms with Crippen LogP contribution in [0.3, 0.4) is 0 Å². The summed E-state index contributed by atoms with van der Waals surface area (Å²) < 4.78 is 5.07. The van der Waals surface area contributed by atoms with Gasteiger partial charge in [0.1, 0.15) is 4.88 Å². The van der Waals surface area contributed by atoms with Crippen molar-refractivity contribution in [1.82, 2.24) is 0 Å². The highest BCUT2D eigenvalue weighted by molar-refractivity contribution is 7.14. The number of rotatable bonds is 5. The van der Waals surface area contributed by atoms with Gasteiger partial charge in [-0.05, 0) is 55.7 Å². The van der Waals surface area contributed by atoms with Crippen molar-refractivity contribution in [2.75, 3.05) is 11.9 Å². The summed E-state index contributed by atoms with van der Waals surface area (Å²) in [5.41, 5.74) is 2.62. The van der Waals surface area contributed by atoms with Crippen LogP contribution in [0.1, 0.15) is 32.6 Å². The van der Waals surface area contributed by atoms with Crippen LogP contribution in [-0.4, -0.2) is 18.5 Å². The minimum absolute atomic E-state index is 0.320. The lowest BCUT2D eigenvalue weighted by Crippen LogP contribution is -2.21. The van der Waals surface area contributed by atoms with Crippen LogP contribution in [0.2, 0.25) is 5.02 Å². The van der Waals surface area contributed by atoms with E-state index in [0.717, 1.165) is 22.4 Å². The van der Waals surface area contributed by atoms with Crippen molar-refractivity contribution >= 4 is 40.5 Å². The Bertz CT molecular complexity index is 739. The maximum Gasteiger partial charge on any atom is 0.348 e. The summed E-state index contributed by atoms with van der Waals surface area (Å²) >= 11 is 7.26. The van der Waals surface area contributed by atoms with Crippen molar-refractivity contribution in [2.24, 2.45) is 0 Å². The fourth-order valence-electron chi connectivity index (χ4n) is 2.13. The van der Waals surface area contributed by atoms with Crippen molar-refractivity contribution in [3.63, 3.8) is 0 Å². The highest BCUT2D eigenvalue weighted by atomic mass is 35.5. The first-order valence-corrected chi connectivity index (χ1v) is 8.42. The third-order valence-electron chi connectivity index (χ3n) is 3.40. The summed E-state index contributed by atoms with van der Waals surface area (Å²) in [5, 5.41) is 3.30.